The van der Waals surface area contributed by atoms with Crippen molar-refractivity contribution in [2.24, 2.45) is 0 Å². The van der Waals surface area contributed by atoms with Crippen LogP contribution in [-0.2, 0) is 22.7 Å². The van der Waals surface area contributed by atoms with Gasteiger partial charge in [-0.05, 0) is 29.8 Å². The van der Waals surface area contributed by atoms with Gasteiger partial charge < -0.3 is 15.4 Å². The summed E-state index contributed by atoms with van der Waals surface area (Å²) in [5.41, 5.74) is 9.33. The van der Waals surface area contributed by atoms with Gasteiger partial charge >= 0.3 is 0 Å². The number of amides is 1. The smallest absolute Gasteiger partial charge is 0.246 e. The molecule has 1 aromatic heterocycles. The van der Waals surface area contributed by atoms with Crippen LogP contribution in [0.5, 0.6) is 0 Å². The van der Waals surface area contributed by atoms with Crippen molar-refractivity contribution in [2.75, 3.05) is 32.0 Å². The van der Waals surface area contributed by atoms with E-state index in [0.717, 1.165) is 22.5 Å². The number of fused-ring (bicyclic) bond motifs is 3. The SMILES string of the molecule is C=CC(=O)N1CCN2Cc3cc(Cl)c(-c4ccc(F)c5sc(N)nc45)c(Cl)c3COC[C@H]2C1. The number of nitrogens with two attached hydrogens (primary N) is 1. The molecule has 172 valence electrons. The first-order valence-electron chi connectivity index (χ1n) is 10.4. The van der Waals surface area contributed by atoms with Crippen molar-refractivity contribution in [2.45, 2.75) is 19.2 Å². The maximum atomic E-state index is 14.3. The molecule has 1 atom stereocenters. The Bertz CT molecular complexity index is 1280. The molecule has 2 aliphatic heterocycles. The van der Waals surface area contributed by atoms with Crippen LogP contribution in [0.15, 0.2) is 30.9 Å². The highest BCUT2D eigenvalue weighted by atomic mass is 35.5. The summed E-state index contributed by atoms with van der Waals surface area (Å²) in [6.45, 7) is 6.91. The molecular formula is C23H21Cl2FN4O2S. The number of thiazole rings is 1. The van der Waals surface area contributed by atoms with Crippen molar-refractivity contribution in [3.8, 4) is 11.1 Å². The largest absolute Gasteiger partial charge is 0.375 e. The van der Waals surface area contributed by atoms with Gasteiger partial charge in [0.1, 0.15) is 5.82 Å². The van der Waals surface area contributed by atoms with E-state index in [1.165, 1.54) is 12.1 Å². The minimum atomic E-state index is -0.384. The number of hydrogen-bond donors (Lipinski definition) is 1. The monoisotopic (exact) mass is 506 g/mol. The standard InChI is InChI=1S/C23H21Cl2FN4O2S/c1-2-18(31)30-6-5-29-8-12-7-16(24)19(20(25)15(12)11-32-10-13(29)9-30)14-3-4-17(26)22-21(14)28-23(27)33-22/h2-4,7,13H,1,5-6,8-11H2,(H2,27,28)/t13-/m1/s1. The Balaban J connectivity index is 1.54. The predicted octanol–water partition coefficient (Wildman–Crippen LogP) is 4.72. The van der Waals surface area contributed by atoms with Crippen LogP contribution in [-0.4, -0.2) is 53.0 Å². The fourth-order valence-electron chi connectivity index (χ4n) is 4.55. The van der Waals surface area contributed by atoms with Gasteiger partial charge in [-0.3, -0.25) is 9.69 Å². The number of anilines is 1. The molecule has 5 rings (SSSR count). The van der Waals surface area contributed by atoms with Crippen LogP contribution in [0.4, 0.5) is 9.52 Å². The van der Waals surface area contributed by atoms with Crippen molar-refractivity contribution in [3.05, 3.63) is 57.8 Å². The van der Waals surface area contributed by atoms with E-state index >= 15 is 0 Å². The molecule has 1 saturated heterocycles. The molecule has 10 heteroatoms. The zero-order valence-corrected chi connectivity index (χ0v) is 19.9. The van der Waals surface area contributed by atoms with Crippen LogP contribution in [0, 0.1) is 5.82 Å². The van der Waals surface area contributed by atoms with Gasteiger partial charge in [-0.1, -0.05) is 41.1 Å². The van der Waals surface area contributed by atoms with Crippen molar-refractivity contribution < 1.29 is 13.9 Å². The van der Waals surface area contributed by atoms with Gasteiger partial charge in [-0.2, -0.15) is 0 Å². The Hall–Kier alpha value is -2.23. The minimum absolute atomic E-state index is 0.0684. The topological polar surface area (TPSA) is 71.7 Å². The number of halogens is 3. The lowest BCUT2D eigenvalue weighted by Gasteiger charge is -2.42. The number of nitrogens with zero attached hydrogens (tertiary/aromatic N) is 3. The first kappa shape index (κ1) is 22.6. The second kappa shape index (κ2) is 8.85. The highest BCUT2D eigenvalue weighted by Gasteiger charge is 2.32. The predicted molar refractivity (Wildman–Crippen MR) is 130 cm³/mol. The van der Waals surface area contributed by atoms with Gasteiger partial charge in [0.15, 0.2) is 5.13 Å². The highest BCUT2D eigenvalue weighted by Crippen LogP contribution is 2.44. The van der Waals surface area contributed by atoms with Crippen molar-refractivity contribution in [1.29, 1.82) is 0 Å². The third-order valence-corrected chi connectivity index (χ3v) is 7.82. The summed E-state index contributed by atoms with van der Waals surface area (Å²) in [6.07, 6.45) is 1.35. The Morgan fingerprint density at radius 3 is 2.97 bits per heavy atom. The third-order valence-electron chi connectivity index (χ3n) is 6.21. The molecule has 1 fully saturated rings. The minimum Gasteiger partial charge on any atom is -0.375 e. The zero-order valence-electron chi connectivity index (χ0n) is 17.6. The van der Waals surface area contributed by atoms with Crippen molar-refractivity contribution >= 4 is 55.8 Å². The van der Waals surface area contributed by atoms with Gasteiger partial charge in [-0.15, -0.1) is 0 Å². The molecule has 1 amide bonds. The summed E-state index contributed by atoms with van der Waals surface area (Å²) in [4.78, 5) is 20.4. The molecule has 0 radical (unpaired) electrons. The Morgan fingerprint density at radius 1 is 1.36 bits per heavy atom. The molecule has 0 bridgehead atoms. The zero-order chi connectivity index (χ0) is 23.3. The van der Waals surface area contributed by atoms with Crippen LogP contribution in [0.2, 0.25) is 10.0 Å². The van der Waals surface area contributed by atoms with Crippen LogP contribution in [0.1, 0.15) is 11.1 Å². The summed E-state index contributed by atoms with van der Waals surface area (Å²) in [5, 5.41) is 1.20. The van der Waals surface area contributed by atoms with E-state index in [1.54, 1.807) is 11.0 Å². The fourth-order valence-corrected chi connectivity index (χ4v) is 6.07. The van der Waals surface area contributed by atoms with Crippen LogP contribution in [0.25, 0.3) is 21.3 Å². The van der Waals surface area contributed by atoms with Crippen LogP contribution < -0.4 is 5.73 Å². The number of nitrogen functional groups attached to an aromatic ring is 1. The average Bonchev–Trinajstić information content (AvgIpc) is 3.18. The first-order chi connectivity index (χ1) is 15.9. The normalized spacial score (nSPS) is 19.0. The number of carbonyl (C=O) groups is 1. The van der Waals surface area contributed by atoms with Gasteiger partial charge in [0, 0.05) is 42.9 Å². The molecule has 0 saturated carbocycles. The maximum Gasteiger partial charge on any atom is 0.246 e. The number of rotatable bonds is 2. The number of aromatic nitrogens is 1. The number of piperazine rings is 1. The lowest BCUT2D eigenvalue weighted by atomic mass is 9.96. The number of ether oxygens (including phenoxy) is 1. The molecule has 2 aromatic carbocycles. The van der Waals surface area contributed by atoms with E-state index in [1.807, 2.05) is 6.07 Å². The van der Waals surface area contributed by atoms with Gasteiger partial charge in [0.05, 0.1) is 39.5 Å². The average molecular weight is 507 g/mol. The molecule has 2 aliphatic rings. The van der Waals surface area contributed by atoms with Crippen LogP contribution in [0.3, 0.4) is 0 Å². The van der Waals surface area contributed by atoms with Crippen LogP contribution >= 0.6 is 34.5 Å². The van der Waals surface area contributed by atoms with E-state index in [9.17, 15) is 9.18 Å². The van der Waals surface area contributed by atoms with Crippen molar-refractivity contribution in [1.82, 2.24) is 14.8 Å². The second-order valence-corrected chi connectivity index (χ2v) is 9.95. The number of carbonyl (C=O) groups excluding carboxylic acids is 1. The summed E-state index contributed by atoms with van der Waals surface area (Å²) in [7, 11) is 0. The van der Waals surface area contributed by atoms with E-state index in [4.69, 9.17) is 33.7 Å². The summed E-state index contributed by atoms with van der Waals surface area (Å²) < 4.78 is 20.7. The summed E-state index contributed by atoms with van der Waals surface area (Å²) >= 11 is 14.7. The van der Waals surface area contributed by atoms with Gasteiger partial charge in [0.2, 0.25) is 5.91 Å². The second-order valence-electron chi connectivity index (χ2n) is 8.14. The molecule has 0 spiro atoms. The highest BCUT2D eigenvalue weighted by molar-refractivity contribution is 7.22. The van der Waals surface area contributed by atoms with Gasteiger partial charge in [0.25, 0.3) is 0 Å². The summed E-state index contributed by atoms with van der Waals surface area (Å²) in [5.74, 6) is -0.453. The fraction of sp³-hybridized carbons (Fsp3) is 0.304. The lowest BCUT2D eigenvalue weighted by molar-refractivity contribution is -0.130. The molecule has 6 nitrogen and oxygen atoms in total. The van der Waals surface area contributed by atoms with E-state index < -0.39 is 0 Å². The molecular weight excluding hydrogens is 486 g/mol. The molecule has 3 heterocycles. The molecule has 0 unspecified atom stereocenters. The van der Waals surface area contributed by atoms with Crippen molar-refractivity contribution in [3.63, 3.8) is 0 Å². The maximum absolute atomic E-state index is 14.3. The van der Waals surface area contributed by atoms with Gasteiger partial charge in [-0.25, -0.2) is 9.37 Å². The molecule has 33 heavy (non-hydrogen) atoms. The number of hydrogen-bond acceptors (Lipinski definition) is 6. The van der Waals surface area contributed by atoms with E-state index in [0.29, 0.717) is 70.8 Å². The van der Waals surface area contributed by atoms with E-state index in [-0.39, 0.29) is 22.9 Å². The molecule has 0 aliphatic carbocycles. The third kappa shape index (κ3) is 4.00. The summed E-state index contributed by atoms with van der Waals surface area (Å²) in [6, 6.07) is 4.98. The molecule has 3 aromatic rings. The van der Waals surface area contributed by atoms with E-state index in [2.05, 4.69) is 16.5 Å². The quantitative estimate of drug-likeness (QED) is 0.509. The Morgan fingerprint density at radius 2 is 2.18 bits per heavy atom. The number of benzene rings is 2. The molecule has 2 N–H and O–H groups in total. The first-order valence-corrected chi connectivity index (χ1v) is 12.0. The Kier molecular flexibility index (Phi) is 6.05. The Labute approximate surface area is 204 Å². The lowest BCUT2D eigenvalue weighted by Crippen LogP contribution is -2.56.